The Balaban J connectivity index is 2.31. The molecule has 0 aliphatic carbocycles. The first-order valence-corrected chi connectivity index (χ1v) is 9.09. The van der Waals surface area contributed by atoms with Crippen molar-refractivity contribution >= 4 is 38.9 Å². The van der Waals surface area contributed by atoms with Gasteiger partial charge in [0.2, 0.25) is 10.0 Å². The molecule has 122 valence electrons. The van der Waals surface area contributed by atoms with Gasteiger partial charge in [0.1, 0.15) is 0 Å². The summed E-state index contributed by atoms with van der Waals surface area (Å²) in [5.74, 6) is -0.315. The normalized spacial score (nSPS) is 11.1. The molecule has 0 aliphatic rings. The number of carbonyl (C=O) groups is 1. The van der Waals surface area contributed by atoms with Crippen LogP contribution in [0.15, 0.2) is 36.4 Å². The average molecular weight is 353 g/mol. The summed E-state index contributed by atoms with van der Waals surface area (Å²) in [5.41, 5.74) is 2.83. The summed E-state index contributed by atoms with van der Waals surface area (Å²) in [6, 6.07) is 10.1. The third-order valence-corrected chi connectivity index (χ3v) is 4.14. The lowest BCUT2D eigenvalue weighted by atomic mass is 10.1. The summed E-state index contributed by atoms with van der Waals surface area (Å²) < 4.78 is 25.2. The van der Waals surface area contributed by atoms with Crippen LogP contribution in [-0.2, 0) is 10.0 Å². The smallest absolute Gasteiger partial charge is 0.256 e. The summed E-state index contributed by atoms with van der Waals surface area (Å²) in [7, 11) is -3.41. The van der Waals surface area contributed by atoms with E-state index >= 15 is 0 Å². The van der Waals surface area contributed by atoms with Crippen molar-refractivity contribution in [3.05, 3.63) is 58.1 Å². The van der Waals surface area contributed by atoms with Gasteiger partial charge in [-0.1, -0.05) is 17.7 Å². The van der Waals surface area contributed by atoms with E-state index in [0.717, 1.165) is 11.8 Å². The van der Waals surface area contributed by atoms with E-state index in [1.807, 2.05) is 6.92 Å². The molecule has 0 radical (unpaired) electrons. The second-order valence-corrected chi connectivity index (χ2v) is 7.45. The topological polar surface area (TPSA) is 75.3 Å². The van der Waals surface area contributed by atoms with Crippen LogP contribution in [-0.4, -0.2) is 20.6 Å². The number of hydrogen-bond acceptors (Lipinski definition) is 3. The highest BCUT2D eigenvalue weighted by Gasteiger charge is 2.14. The lowest BCUT2D eigenvalue weighted by molar-refractivity contribution is 0.102. The fraction of sp³-hybridized carbons (Fsp3) is 0.188. The maximum atomic E-state index is 12.5. The molecule has 0 heterocycles. The molecule has 1 amide bonds. The number of rotatable bonds is 4. The van der Waals surface area contributed by atoms with Gasteiger partial charge in [-0.15, -0.1) is 0 Å². The monoisotopic (exact) mass is 352 g/mol. The summed E-state index contributed by atoms with van der Waals surface area (Å²) in [6.45, 7) is 3.53. The summed E-state index contributed by atoms with van der Waals surface area (Å²) in [6.07, 6.45) is 1.07. The lowest BCUT2D eigenvalue weighted by Gasteiger charge is -2.13. The van der Waals surface area contributed by atoms with Crippen molar-refractivity contribution in [1.82, 2.24) is 0 Å². The molecule has 2 aromatic carbocycles. The van der Waals surface area contributed by atoms with Gasteiger partial charge in [0.25, 0.3) is 5.91 Å². The van der Waals surface area contributed by atoms with Crippen molar-refractivity contribution in [3.8, 4) is 0 Å². The van der Waals surface area contributed by atoms with Crippen LogP contribution in [0.3, 0.4) is 0 Å². The van der Waals surface area contributed by atoms with E-state index in [-0.39, 0.29) is 5.91 Å². The minimum Gasteiger partial charge on any atom is -0.322 e. The highest BCUT2D eigenvalue weighted by Crippen LogP contribution is 2.23. The Morgan fingerprint density at radius 1 is 1.09 bits per heavy atom. The predicted octanol–water partition coefficient (Wildman–Crippen LogP) is 3.58. The standard InChI is InChI=1S/C16H17ClN2O3S/c1-10-9-12(17)7-8-14(10)18-16(20)13-5-4-6-15(11(13)2)19-23(3,21)22/h4-9,19H,1-3H3,(H,18,20). The first kappa shape index (κ1) is 17.3. The number of amides is 1. The first-order valence-electron chi connectivity index (χ1n) is 6.82. The van der Waals surface area contributed by atoms with E-state index in [0.29, 0.717) is 27.5 Å². The Hall–Kier alpha value is -2.05. The average Bonchev–Trinajstić information content (AvgIpc) is 2.42. The molecule has 2 N–H and O–H groups in total. The molecular weight excluding hydrogens is 336 g/mol. The predicted molar refractivity (Wildman–Crippen MR) is 93.8 cm³/mol. The molecule has 0 unspecified atom stereocenters. The number of nitrogens with one attached hydrogen (secondary N) is 2. The number of anilines is 2. The molecule has 0 aromatic heterocycles. The fourth-order valence-electron chi connectivity index (χ4n) is 2.15. The van der Waals surface area contributed by atoms with Crippen LogP contribution in [0.5, 0.6) is 0 Å². The highest BCUT2D eigenvalue weighted by atomic mass is 35.5. The quantitative estimate of drug-likeness (QED) is 0.883. The Morgan fingerprint density at radius 2 is 1.78 bits per heavy atom. The second-order valence-electron chi connectivity index (χ2n) is 5.27. The van der Waals surface area contributed by atoms with Gasteiger partial charge in [-0.2, -0.15) is 0 Å². The minimum atomic E-state index is -3.41. The molecule has 23 heavy (non-hydrogen) atoms. The van der Waals surface area contributed by atoms with E-state index < -0.39 is 10.0 Å². The van der Waals surface area contributed by atoms with Gasteiger partial charge >= 0.3 is 0 Å². The molecule has 0 spiro atoms. The summed E-state index contributed by atoms with van der Waals surface area (Å²) >= 11 is 5.90. The first-order chi connectivity index (χ1) is 10.7. The van der Waals surface area contributed by atoms with Gasteiger partial charge in [0.15, 0.2) is 0 Å². The van der Waals surface area contributed by atoms with Crippen LogP contribution >= 0.6 is 11.6 Å². The van der Waals surface area contributed by atoms with Gasteiger partial charge in [0.05, 0.1) is 11.9 Å². The SMILES string of the molecule is Cc1cc(Cl)ccc1NC(=O)c1cccc(NS(C)(=O)=O)c1C. The van der Waals surface area contributed by atoms with Crippen molar-refractivity contribution in [2.45, 2.75) is 13.8 Å². The number of benzene rings is 2. The largest absolute Gasteiger partial charge is 0.322 e. The Kier molecular flexibility index (Phi) is 4.97. The zero-order chi connectivity index (χ0) is 17.2. The molecule has 2 rings (SSSR count). The number of hydrogen-bond donors (Lipinski definition) is 2. The summed E-state index contributed by atoms with van der Waals surface area (Å²) in [5, 5.41) is 3.40. The van der Waals surface area contributed by atoms with Gasteiger partial charge in [-0.3, -0.25) is 9.52 Å². The highest BCUT2D eigenvalue weighted by molar-refractivity contribution is 7.92. The molecule has 0 bridgehead atoms. The molecule has 0 aliphatic heterocycles. The van der Waals surface area contributed by atoms with Crippen LogP contribution in [0, 0.1) is 13.8 Å². The molecular formula is C16H17ClN2O3S. The van der Waals surface area contributed by atoms with Crippen LogP contribution in [0.1, 0.15) is 21.5 Å². The molecule has 2 aromatic rings. The van der Waals surface area contributed by atoms with E-state index in [1.165, 1.54) is 0 Å². The van der Waals surface area contributed by atoms with Gasteiger partial charge < -0.3 is 5.32 Å². The Morgan fingerprint density at radius 3 is 2.39 bits per heavy atom. The maximum Gasteiger partial charge on any atom is 0.256 e. The maximum absolute atomic E-state index is 12.5. The second kappa shape index (κ2) is 6.60. The Bertz CT molecular complexity index is 864. The third kappa shape index (κ3) is 4.46. The molecule has 0 fully saturated rings. The fourth-order valence-corrected chi connectivity index (χ4v) is 3.00. The minimum absolute atomic E-state index is 0.315. The van der Waals surface area contributed by atoms with Crippen LogP contribution in [0.4, 0.5) is 11.4 Å². The van der Waals surface area contributed by atoms with Gasteiger partial charge in [0, 0.05) is 16.3 Å². The van der Waals surface area contributed by atoms with Crippen molar-refractivity contribution in [2.75, 3.05) is 16.3 Å². The number of halogens is 1. The zero-order valence-electron chi connectivity index (χ0n) is 13.0. The molecule has 0 saturated heterocycles. The van der Waals surface area contributed by atoms with Crippen molar-refractivity contribution in [1.29, 1.82) is 0 Å². The molecule has 0 atom stereocenters. The lowest BCUT2D eigenvalue weighted by Crippen LogP contribution is -2.16. The number of sulfonamides is 1. The molecule has 7 heteroatoms. The van der Waals surface area contributed by atoms with Gasteiger partial charge in [-0.25, -0.2) is 8.42 Å². The number of carbonyl (C=O) groups excluding carboxylic acids is 1. The van der Waals surface area contributed by atoms with E-state index in [4.69, 9.17) is 11.6 Å². The van der Waals surface area contributed by atoms with E-state index in [2.05, 4.69) is 10.0 Å². The van der Waals surface area contributed by atoms with Crippen molar-refractivity contribution < 1.29 is 13.2 Å². The van der Waals surface area contributed by atoms with E-state index in [1.54, 1.807) is 43.3 Å². The summed E-state index contributed by atoms with van der Waals surface area (Å²) in [4.78, 5) is 12.5. The Labute approximate surface area is 140 Å². The van der Waals surface area contributed by atoms with E-state index in [9.17, 15) is 13.2 Å². The third-order valence-electron chi connectivity index (χ3n) is 3.31. The van der Waals surface area contributed by atoms with Crippen molar-refractivity contribution in [3.63, 3.8) is 0 Å². The van der Waals surface area contributed by atoms with Crippen LogP contribution in [0.2, 0.25) is 5.02 Å². The molecule has 5 nitrogen and oxygen atoms in total. The van der Waals surface area contributed by atoms with Gasteiger partial charge in [-0.05, 0) is 55.3 Å². The number of aryl methyl sites for hydroxylation is 1. The van der Waals surface area contributed by atoms with Crippen molar-refractivity contribution in [2.24, 2.45) is 0 Å². The van der Waals surface area contributed by atoms with Crippen LogP contribution < -0.4 is 10.0 Å². The zero-order valence-corrected chi connectivity index (χ0v) is 14.5. The van der Waals surface area contributed by atoms with Crippen LogP contribution in [0.25, 0.3) is 0 Å². The molecule has 0 saturated carbocycles.